The van der Waals surface area contributed by atoms with Gasteiger partial charge in [0.25, 0.3) is 5.91 Å². The summed E-state index contributed by atoms with van der Waals surface area (Å²) < 4.78 is 0.192. The first-order chi connectivity index (χ1) is 12.9. The van der Waals surface area contributed by atoms with Crippen LogP contribution < -0.4 is 10.6 Å². The minimum Gasteiger partial charge on any atom is -0.501 e. The van der Waals surface area contributed by atoms with Crippen molar-refractivity contribution in [3.05, 3.63) is 67.0 Å². The molecular formula is C18H16BrN3O4S. The van der Waals surface area contributed by atoms with E-state index in [4.69, 9.17) is 0 Å². The molecule has 3 N–H and O–H groups in total. The zero-order valence-corrected chi connectivity index (χ0v) is 16.6. The average molecular weight is 450 g/mol. The molecule has 0 saturated carbocycles. The molecular weight excluding hydrogens is 434 g/mol. The van der Waals surface area contributed by atoms with Crippen molar-refractivity contribution in [3.8, 4) is 5.75 Å². The van der Waals surface area contributed by atoms with E-state index in [0.717, 1.165) is 12.1 Å². The Hall–Kier alpha value is -2.52. The summed E-state index contributed by atoms with van der Waals surface area (Å²) in [4.78, 5) is 23.0. The topological polar surface area (TPSA) is 104 Å². The van der Waals surface area contributed by atoms with Gasteiger partial charge < -0.3 is 15.7 Å². The first kappa shape index (κ1) is 19.2. The third-order valence-electron chi connectivity index (χ3n) is 3.95. The Morgan fingerprint density at radius 2 is 2.07 bits per heavy atom. The summed E-state index contributed by atoms with van der Waals surface area (Å²) in [5, 5.41) is 26.8. The third-order valence-corrected chi connectivity index (χ3v) is 5.58. The number of amides is 1. The number of nitro benzene ring substituents is 1. The van der Waals surface area contributed by atoms with E-state index < -0.39 is 16.4 Å². The molecule has 1 fully saturated rings. The van der Waals surface area contributed by atoms with Gasteiger partial charge in [0.1, 0.15) is 0 Å². The molecule has 0 unspecified atom stereocenters. The lowest BCUT2D eigenvalue weighted by Crippen LogP contribution is -2.30. The fourth-order valence-corrected chi connectivity index (χ4v) is 3.98. The Morgan fingerprint density at radius 1 is 1.37 bits per heavy atom. The number of rotatable bonds is 5. The van der Waals surface area contributed by atoms with Gasteiger partial charge in [-0.05, 0) is 57.8 Å². The fourth-order valence-electron chi connectivity index (χ4n) is 2.53. The van der Waals surface area contributed by atoms with Gasteiger partial charge in [-0.25, -0.2) is 0 Å². The highest BCUT2D eigenvalue weighted by Crippen LogP contribution is 2.37. The number of hydrogen-bond acceptors (Lipinski definition) is 6. The molecule has 1 amide bonds. The van der Waals surface area contributed by atoms with E-state index in [-0.39, 0.29) is 15.9 Å². The molecule has 1 aliphatic rings. The fraction of sp³-hybridized carbons (Fsp3) is 0.167. The number of thioether (sulfide) groups is 1. The molecule has 0 aromatic heterocycles. The van der Waals surface area contributed by atoms with E-state index in [0.29, 0.717) is 10.5 Å². The number of nitrogens with zero attached hydrogens (tertiary/aromatic N) is 1. The number of aryl methyl sites for hydroxylation is 1. The molecule has 7 nitrogen and oxygen atoms in total. The number of hydrogen-bond donors (Lipinski definition) is 3. The molecule has 0 bridgehead atoms. The maximum absolute atomic E-state index is 12.2. The number of carbonyl (C=O) groups excluding carboxylic acids is 1. The molecule has 27 heavy (non-hydrogen) atoms. The first-order valence-electron chi connectivity index (χ1n) is 8.09. The monoisotopic (exact) mass is 449 g/mol. The van der Waals surface area contributed by atoms with Crippen LogP contribution in [0.5, 0.6) is 5.75 Å². The number of phenols is 1. The molecule has 1 aliphatic heterocycles. The number of nitrogens with one attached hydrogen (secondary N) is 2. The van der Waals surface area contributed by atoms with Crippen molar-refractivity contribution in [1.29, 1.82) is 0 Å². The Labute approximate surface area is 168 Å². The molecule has 1 heterocycles. The smallest absolute Gasteiger partial charge is 0.312 e. The van der Waals surface area contributed by atoms with Crippen molar-refractivity contribution >= 4 is 51.0 Å². The van der Waals surface area contributed by atoms with Crippen LogP contribution in [-0.2, 0) is 11.2 Å². The van der Waals surface area contributed by atoms with Crippen molar-refractivity contribution in [2.75, 3.05) is 5.32 Å². The second-order valence-electron chi connectivity index (χ2n) is 5.80. The van der Waals surface area contributed by atoms with E-state index in [9.17, 15) is 20.0 Å². The Balaban J connectivity index is 1.78. The van der Waals surface area contributed by atoms with Crippen LogP contribution >= 0.6 is 27.7 Å². The van der Waals surface area contributed by atoms with Gasteiger partial charge in [0, 0.05) is 11.8 Å². The number of aromatic hydroxyl groups is 1. The molecule has 1 atom stereocenters. The van der Waals surface area contributed by atoms with Gasteiger partial charge in [0.2, 0.25) is 5.75 Å². The molecule has 0 spiro atoms. The highest BCUT2D eigenvalue weighted by molar-refractivity contribution is 9.10. The largest absolute Gasteiger partial charge is 0.501 e. The predicted octanol–water partition coefficient (Wildman–Crippen LogP) is 4.22. The second-order valence-corrected chi connectivity index (χ2v) is 7.80. The average Bonchev–Trinajstić information content (AvgIpc) is 2.97. The van der Waals surface area contributed by atoms with Crippen molar-refractivity contribution in [2.24, 2.45) is 0 Å². The SMILES string of the molecule is CCc1ccc(N[C@@H]2NC(=O)/C(=C/c3cc(Br)c(O)c([N+](=O)[O-])c3)S2)cc1. The van der Waals surface area contributed by atoms with E-state index in [2.05, 4.69) is 33.5 Å². The van der Waals surface area contributed by atoms with Crippen molar-refractivity contribution in [2.45, 2.75) is 18.8 Å². The Kier molecular flexibility index (Phi) is 5.71. The molecule has 1 saturated heterocycles. The van der Waals surface area contributed by atoms with Gasteiger partial charge in [0.05, 0.1) is 14.3 Å². The van der Waals surface area contributed by atoms with Gasteiger partial charge in [-0.3, -0.25) is 14.9 Å². The maximum Gasteiger partial charge on any atom is 0.312 e. The molecule has 2 aromatic rings. The number of carbonyl (C=O) groups is 1. The van der Waals surface area contributed by atoms with Crippen molar-refractivity contribution < 1.29 is 14.8 Å². The lowest BCUT2D eigenvalue weighted by molar-refractivity contribution is -0.386. The van der Waals surface area contributed by atoms with Gasteiger partial charge in [-0.2, -0.15) is 0 Å². The minimum absolute atomic E-state index is 0.192. The van der Waals surface area contributed by atoms with Crippen molar-refractivity contribution in [3.63, 3.8) is 0 Å². The standard InChI is InChI=1S/C18H16BrN3O4S/c1-2-10-3-5-12(6-4-10)20-18-21-17(24)15(27-18)9-11-7-13(19)16(23)14(8-11)22(25)26/h3-9,18,20,23H,2H2,1H3,(H,21,24)/b15-9-/t18-/m1/s1. The van der Waals surface area contributed by atoms with Crippen LogP contribution in [0, 0.1) is 10.1 Å². The summed E-state index contributed by atoms with van der Waals surface area (Å²) in [6.45, 7) is 2.08. The number of nitro groups is 1. The van der Waals surface area contributed by atoms with E-state index in [1.54, 1.807) is 6.08 Å². The summed E-state index contributed by atoms with van der Waals surface area (Å²) in [6.07, 6.45) is 2.51. The molecule has 2 aromatic carbocycles. The van der Waals surface area contributed by atoms with E-state index in [1.165, 1.54) is 29.5 Å². The van der Waals surface area contributed by atoms with Crippen LogP contribution in [0.3, 0.4) is 0 Å². The van der Waals surface area contributed by atoms with Crippen LogP contribution in [0.2, 0.25) is 0 Å². The third kappa shape index (κ3) is 4.42. The summed E-state index contributed by atoms with van der Waals surface area (Å²) in [6, 6.07) is 10.7. The molecule has 0 radical (unpaired) electrons. The first-order valence-corrected chi connectivity index (χ1v) is 9.76. The Bertz CT molecular complexity index is 931. The highest BCUT2D eigenvalue weighted by atomic mass is 79.9. The molecule has 9 heteroatoms. The number of benzene rings is 2. The van der Waals surface area contributed by atoms with E-state index >= 15 is 0 Å². The zero-order chi connectivity index (χ0) is 19.6. The Morgan fingerprint density at radius 3 is 2.70 bits per heavy atom. The number of halogens is 1. The van der Waals surface area contributed by atoms with Crippen LogP contribution in [-0.4, -0.2) is 21.4 Å². The lowest BCUT2D eigenvalue weighted by atomic mass is 10.1. The highest BCUT2D eigenvalue weighted by Gasteiger charge is 2.27. The lowest BCUT2D eigenvalue weighted by Gasteiger charge is -2.12. The molecule has 140 valence electrons. The van der Waals surface area contributed by atoms with Crippen LogP contribution in [0.25, 0.3) is 6.08 Å². The predicted molar refractivity (Wildman–Crippen MR) is 109 cm³/mol. The van der Waals surface area contributed by atoms with Gasteiger partial charge in [0.15, 0.2) is 5.50 Å². The van der Waals surface area contributed by atoms with Crippen LogP contribution in [0.15, 0.2) is 45.8 Å². The summed E-state index contributed by atoms with van der Waals surface area (Å²) in [7, 11) is 0. The minimum atomic E-state index is -0.672. The number of anilines is 1. The number of phenolic OH excluding ortho intramolecular Hbond substituents is 1. The van der Waals surface area contributed by atoms with Crippen LogP contribution in [0.4, 0.5) is 11.4 Å². The normalized spacial score (nSPS) is 17.8. The summed E-state index contributed by atoms with van der Waals surface area (Å²) in [5.74, 6) is -0.713. The van der Waals surface area contributed by atoms with Gasteiger partial charge >= 0.3 is 5.69 Å². The van der Waals surface area contributed by atoms with Gasteiger partial charge in [-0.1, -0.05) is 30.8 Å². The summed E-state index contributed by atoms with van der Waals surface area (Å²) >= 11 is 4.38. The molecule has 0 aliphatic carbocycles. The second kappa shape index (κ2) is 8.01. The summed E-state index contributed by atoms with van der Waals surface area (Å²) in [5.41, 5.74) is 1.78. The van der Waals surface area contributed by atoms with E-state index in [1.807, 2.05) is 24.3 Å². The maximum atomic E-state index is 12.2. The van der Waals surface area contributed by atoms with Crippen LogP contribution in [0.1, 0.15) is 18.1 Å². The van der Waals surface area contributed by atoms with Gasteiger partial charge in [-0.15, -0.1) is 0 Å². The van der Waals surface area contributed by atoms with Crippen molar-refractivity contribution in [1.82, 2.24) is 5.32 Å². The zero-order valence-electron chi connectivity index (χ0n) is 14.2. The molecule has 3 rings (SSSR count). The quantitative estimate of drug-likeness (QED) is 0.358.